The smallest absolute Gasteiger partial charge is 0.318 e. The van der Waals surface area contributed by atoms with Crippen molar-refractivity contribution in [3.05, 3.63) is 58.3 Å². The number of aryl methyl sites for hydroxylation is 1. The van der Waals surface area contributed by atoms with E-state index in [1.54, 1.807) is 4.90 Å². The number of carbonyl (C=O) groups is 1. The second-order valence-electron chi connectivity index (χ2n) is 12.2. The van der Waals surface area contributed by atoms with Crippen molar-refractivity contribution in [1.29, 1.82) is 5.26 Å². The van der Waals surface area contributed by atoms with Crippen molar-refractivity contribution < 1.29 is 9.53 Å². The summed E-state index contributed by atoms with van der Waals surface area (Å²) in [6.07, 6.45) is 10.00. The molecule has 2 fully saturated rings. The molecule has 0 N–H and O–H groups in total. The number of piperazine rings is 1. The molecule has 3 heterocycles. The first-order valence-corrected chi connectivity index (χ1v) is 15.4. The molecule has 6 rings (SSSR count). The number of amides is 1. The number of likely N-dealkylation sites (tertiary alicyclic amines) is 1. The molecule has 4 aliphatic rings. The van der Waals surface area contributed by atoms with Crippen LogP contribution < -0.4 is 9.64 Å². The molecular formula is C32H39ClN6O2. The minimum absolute atomic E-state index is 0.0124. The molecule has 0 saturated carbocycles. The van der Waals surface area contributed by atoms with Crippen molar-refractivity contribution in [2.24, 2.45) is 0 Å². The quantitative estimate of drug-likeness (QED) is 0.470. The molecule has 1 aromatic heterocycles. The highest BCUT2D eigenvalue weighted by molar-refractivity contribution is 6.30. The summed E-state index contributed by atoms with van der Waals surface area (Å²) in [6.45, 7) is 7.02. The van der Waals surface area contributed by atoms with Gasteiger partial charge in [0.05, 0.1) is 24.2 Å². The van der Waals surface area contributed by atoms with Crippen LogP contribution in [0, 0.1) is 11.3 Å². The largest absolute Gasteiger partial charge is 0.462 e. The fraction of sp³-hybridized carbons (Fsp3) is 0.562. The third kappa shape index (κ3) is 5.42. The zero-order chi connectivity index (χ0) is 28.6. The van der Waals surface area contributed by atoms with Crippen molar-refractivity contribution in [2.45, 2.75) is 75.3 Å². The van der Waals surface area contributed by atoms with Gasteiger partial charge in [0.25, 0.3) is 0 Å². The van der Waals surface area contributed by atoms with Gasteiger partial charge in [-0.3, -0.25) is 4.79 Å². The number of rotatable bonds is 6. The Kier molecular flexibility index (Phi) is 7.93. The lowest BCUT2D eigenvalue weighted by Gasteiger charge is -2.44. The van der Waals surface area contributed by atoms with Gasteiger partial charge < -0.3 is 19.4 Å². The number of nitriles is 1. The standard InChI is InChI=1S/C32H39ClN6O2/c1-3-29(40)39-17-16-38(20-24(39)11-14-34)30-26-10-13-32(12-4-6-22-8-9-23(33)18-27(22)32)19-28(26)35-31(36-30)41-21-25-7-5-15-37(25)2/h3,8-9,18,24-25H,1,4-7,10-13,15-17,19-21H2,2H3/t24-,25-,32-/m0/s1. The molecule has 1 aromatic carbocycles. The Bertz CT molecular complexity index is 1370. The summed E-state index contributed by atoms with van der Waals surface area (Å²) in [5.74, 6) is 0.770. The molecule has 3 atom stereocenters. The molecule has 9 heteroatoms. The van der Waals surface area contributed by atoms with E-state index in [2.05, 4.69) is 41.6 Å². The molecule has 8 nitrogen and oxygen atoms in total. The lowest BCUT2D eigenvalue weighted by molar-refractivity contribution is -0.128. The number of ether oxygens (including phenoxy) is 1. The highest BCUT2D eigenvalue weighted by atomic mass is 35.5. The SMILES string of the molecule is C=CC(=O)N1CCN(c2nc(OC[C@@H]3CCCN3C)nc3c2CC[C@@]2(CCCc4ccc(Cl)cc42)C3)C[C@@H]1CC#N. The van der Waals surface area contributed by atoms with Crippen LogP contribution in [0.2, 0.25) is 5.02 Å². The molecule has 2 saturated heterocycles. The first-order valence-electron chi connectivity index (χ1n) is 15.0. The number of anilines is 1. The third-order valence-corrected chi connectivity index (χ3v) is 10.0. The molecule has 41 heavy (non-hydrogen) atoms. The monoisotopic (exact) mass is 574 g/mol. The van der Waals surface area contributed by atoms with E-state index in [9.17, 15) is 10.1 Å². The molecule has 1 amide bonds. The molecule has 2 aliphatic heterocycles. The maximum absolute atomic E-state index is 12.5. The van der Waals surface area contributed by atoms with E-state index >= 15 is 0 Å². The van der Waals surface area contributed by atoms with Gasteiger partial charge in [0.2, 0.25) is 5.91 Å². The molecular weight excluding hydrogens is 536 g/mol. The Morgan fingerprint density at radius 3 is 2.88 bits per heavy atom. The van der Waals surface area contributed by atoms with Crippen LogP contribution in [0.5, 0.6) is 6.01 Å². The average Bonchev–Trinajstić information content (AvgIpc) is 3.40. The molecule has 2 aliphatic carbocycles. The van der Waals surface area contributed by atoms with E-state index in [0.717, 1.165) is 68.0 Å². The normalized spacial score (nSPS) is 25.9. The number of nitrogens with zero attached hydrogens (tertiary/aromatic N) is 6. The summed E-state index contributed by atoms with van der Waals surface area (Å²) in [6, 6.07) is 9.24. The van der Waals surface area contributed by atoms with Gasteiger partial charge >= 0.3 is 6.01 Å². The minimum Gasteiger partial charge on any atom is -0.462 e. The summed E-state index contributed by atoms with van der Waals surface area (Å²) >= 11 is 6.52. The first-order chi connectivity index (χ1) is 19.9. The van der Waals surface area contributed by atoms with Crippen LogP contribution in [0.3, 0.4) is 0 Å². The second kappa shape index (κ2) is 11.6. The fourth-order valence-corrected chi connectivity index (χ4v) is 7.72. The van der Waals surface area contributed by atoms with Crippen LogP contribution in [0.1, 0.15) is 60.9 Å². The molecule has 216 valence electrons. The Morgan fingerprint density at radius 1 is 1.22 bits per heavy atom. The highest BCUT2D eigenvalue weighted by Crippen LogP contribution is 2.48. The Balaban J connectivity index is 1.35. The molecule has 2 aromatic rings. The van der Waals surface area contributed by atoms with Crippen molar-refractivity contribution in [3.8, 4) is 12.1 Å². The van der Waals surface area contributed by atoms with E-state index in [-0.39, 0.29) is 23.8 Å². The fourth-order valence-electron chi connectivity index (χ4n) is 7.55. The van der Waals surface area contributed by atoms with Crippen LogP contribution in [-0.4, -0.2) is 77.6 Å². The van der Waals surface area contributed by atoms with Gasteiger partial charge in [-0.15, -0.1) is 0 Å². The summed E-state index contributed by atoms with van der Waals surface area (Å²) in [4.78, 5) is 29.0. The van der Waals surface area contributed by atoms with Gasteiger partial charge in [-0.1, -0.05) is 24.2 Å². The summed E-state index contributed by atoms with van der Waals surface area (Å²) in [7, 11) is 2.15. The number of likely N-dealkylation sites (N-methyl/N-ethyl adjacent to an activating group) is 1. The minimum atomic E-state index is -0.219. The summed E-state index contributed by atoms with van der Waals surface area (Å²) in [5.41, 5.74) is 5.03. The van der Waals surface area contributed by atoms with Crippen LogP contribution in [0.25, 0.3) is 0 Å². The first kappa shape index (κ1) is 28.0. The van der Waals surface area contributed by atoms with E-state index in [4.69, 9.17) is 26.3 Å². The second-order valence-corrected chi connectivity index (χ2v) is 12.6. The van der Waals surface area contributed by atoms with Gasteiger partial charge in [-0.25, -0.2) is 0 Å². The number of hydrogen-bond acceptors (Lipinski definition) is 7. The zero-order valence-electron chi connectivity index (χ0n) is 23.9. The van der Waals surface area contributed by atoms with Gasteiger partial charge in [0.15, 0.2) is 0 Å². The number of hydrogen-bond donors (Lipinski definition) is 0. The predicted octanol–water partition coefficient (Wildman–Crippen LogP) is 4.48. The molecule has 0 radical (unpaired) electrons. The van der Waals surface area contributed by atoms with E-state index in [0.29, 0.717) is 38.3 Å². The van der Waals surface area contributed by atoms with E-state index in [1.165, 1.54) is 29.2 Å². The Morgan fingerprint density at radius 2 is 2.10 bits per heavy atom. The average molecular weight is 575 g/mol. The van der Waals surface area contributed by atoms with Crippen molar-refractivity contribution >= 4 is 23.3 Å². The highest BCUT2D eigenvalue weighted by Gasteiger charge is 2.42. The van der Waals surface area contributed by atoms with Crippen LogP contribution >= 0.6 is 11.6 Å². The van der Waals surface area contributed by atoms with Crippen molar-refractivity contribution in [3.63, 3.8) is 0 Å². The van der Waals surface area contributed by atoms with Crippen LogP contribution in [0.15, 0.2) is 30.9 Å². The number of benzene rings is 1. The summed E-state index contributed by atoms with van der Waals surface area (Å²) in [5, 5.41) is 10.3. The van der Waals surface area contributed by atoms with Crippen molar-refractivity contribution in [1.82, 2.24) is 19.8 Å². The molecule has 1 spiro atoms. The lowest BCUT2D eigenvalue weighted by atomic mass is 9.62. The Labute approximate surface area is 247 Å². The van der Waals surface area contributed by atoms with Gasteiger partial charge in [0, 0.05) is 41.7 Å². The van der Waals surface area contributed by atoms with E-state index < -0.39 is 0 Å². The maximum atomic E-state index is 12.5. The van der Waals surface area contributed by atoms with Crippen molar-refractivity contribution in [2.75, 3.05) is 44.7 Å². The molecule has 0 bridgehead atoms. The predicted molar refractivity (Wildman–Crippen MR) is 159 cm³/mol. The third-order valence-electron chi connectivity index (χ3n) is 9.80. The van der Waals surface area contributed by atoms with Gasteiger partial charge in [-0.2, -0.15) is 15.2 Å². The zero-order valence-corrected chi connectivity index (χ0v) is 24.7. The maximum Gasteiger partial charge on any atom is 0.318 e. The van der Waals surface area contributed by atoms with Gasteiger partial charge in [0.1, 0.15) is 12.4 Å². The van der Waals surface area contributed by atoms with E-state index in [1.807, 2.05) is 6.07 Å². The number of carbonyl (C=O) groups excluding carboxylic acids is 1. The van der Waals surface area contributed by atoms with Gasteiger partial charge in [-0.05, 0) is 94.3 Å². The topological polar surface area (TPSA) is 85.6 Å². The number of fused-ring (bicyclic) bond motifs is 3. The lowest BCUT2D eigenvalue weighted by Crippen LogP contribution is -2.55. The van der Waals surface area contributed by atoms with Crippen LogP contribution in [-0.2, 0) is 29.5 Å². The number of halogens is 1. The van der Waals surface area contributed by atoms with Crippen LogP contribution in [0.4, 0.5) is 5.82 Å². The summed E-state index contributed by atoms with van der Waals surface area (Å²) < 4.78 is 6.33. The molecule has 0 unspecified atom stereocenters. The number of aromatic nitrogens is 2. The Hall–Kier alpha value is -3.15.